The summed E-state index contributed by atoms with van der Waals surface area (Å²) < 4.78 is 28.9. The van der Waals surface area contributed by atoms with Crippen molar-refractivity contribution in [3.05, 3.63) is 11.6 Å². The molecule has 3 aliphatic heterocycles. The van der Waals surface area contributed by atoms with Gasteiger partial charge in [-0.1, -0.05) is 6.92 Å². The van der Waals surface area contributed by atoms with E-state index in [2.05, 4.69) is 6.92 Å². The second kappa shape index (κ2) is 12.8. The average molecular weight is 697 g/mol. The molecule has 0 radical (unpaired) electrons. The maximum absolute atomic E-state index is 13.2. The quantitative estimate of drug-likeness (QED) is 0.102. The van der Waals surface area contributed by atoms with Crippen molar-refractivity contribution in [2.24, 2.45) is 28.6 Å². The third-order valence-corrected chi connectivity index (χ3v) is 14.0. The van der Waals surface area contributed by atoms with E-state index in [0.29, 0.717) is 44.9 Å². The highest BCUT2D eigenvalue weighted by atomic mass is 16.7. The molecule has 7 aliphatic rings. The summed E-state index contributed by atoms with van der Waals surface area (Å²) in [5.74, 6) is -0.688. The molecule has 14 heteroatoms. The number of ether oxygens (including phenoxy) is 5. The number of esters is 1. The van der Waals surface area contributed by atoms with Gasteiger partial charge in [-0.2, -0.15) is 0 Å². The highest BCUT2D eigenvalue weighted by Crippen LogP contribution is 2.70. The Morgan fingerprint density at radius 3 is 2.37 bits per heavy atom. The molecule has 276 valence electrons. The first kappa shape index (κ1) is 35.8. The Labute approximate surface area is 285 Å². The van der Waals surface area contributed by atoms with Gasteiger partial charge in [0.15, 0.2) is 12.6 Å². The summed E-state index contributed by atoms with van der Waals surface area (Å²) in [7, 11) is 0. The minimum Gasteiger partial charge on any atom is -0.458 e. The molecular formula is C35H52O14. The van der Waals surface area contributed by atoms with Crippen LogP contribution in [-0.2, 0) is 33.3 Å². The summed E-state index contributed by atoms with van der Waals surface area (Å²) in [6, 6.07) is 0. The van der Waals surface area contributed by atoms with Crippen molar-refractivity contribution in [1.82, 2.24) is 0 Å². The van der Waals surface area contributed by atoms with Crippen LogP contribution in [0.15, 0.2) is 11.6 Å². The molecular weight excluding hydrogens is 644 g/mol. The van der Waals surface area contributed by atoms with E-state index in [1.165, 1.54) is 0 Å². The first-order valence-electron chi connectivity index (χ1n) is 17.9. The largest absolute Gasteiger partial charge is 0.458 e. The molecule has 7 N–H and O–H groups in total. The van der Waals surface area contributed by atoms with Crippen molar-refractivity contribution < 1.29 is 69.0 Å². The molecule has 2 saturated heterocycles. The molecule has 3 unspecified atom stereocenters. The number of hydrogen-bond acceptors (Lipinski definition) is 14. The van der Waals surface area contributed by atoms with Gasteiger partial charge in [0.05, 0.1) is 41.5 Å². The van der Waals surface area contributed by atoms with Crippen LogP contribution in [0.4, 0.5) is 0 Å². The van der Waals surface area contributed by atoms with E-state index in [-0.39, 0.29) is 43.2 Å². The van der Waals surface area contributed by atoms with E-state index < -0.39 is 90.1 Å². The lowest BCUT2D eigenvalue weighted by molar-refractivity contribution is -0.345. The molecule has 4 saturated carbocycles. The smallest absolute Gasteiger partial charge is 0.331 e. The van der Waals surface area contributed by atoms with Crippen LogP contribution in [0.3, 0.4) is 0 Å². The van der Waals surface area contributed by atoms with Crippen LogP contribution in [0.1, 0.15) is 78.1 Å². The summed E-state index contributed by atoms with van der Waals surface area (Å²) in [5, 5.41) is 75.9. The van der Waals surface area contributed by atoms with Crippen LogP contribution < -0.4 is 0 Å². The van der Waals surface area contributed by atoms with Gasteiger partial charge in [-0.3, -0.25) is 0 Å². The molecule has 0 bridgehead atoms. The molecule has 4 aliphatic carbocycles. The van der Waals surface area contributed by atoms with E-state index in [9.17, 15) is 45.3 Å². The molecule has 6 fully saturated rings. The second-order valence-corrected chi connectivity index (χ2v) is 16.1. The minimum atomic E-state index is -1.62. The first-order chi connectivity index (χ1) is 23.2. The Balaban J connectivity index is 1.00. The first-order valence-corrected chi connectivity index (χ1v) is 17.9. The number of aldehydes is 1. The summed E-state index contributed by atoms with van der Waals surface area (Å²) in [4.78, 5) is 25.0. The van der Waals surface area contributed by atoms with E-state index in [0.717, 1.165) is 18.3 Å². The molecule has 0 aromatic heterocycles. The van der Waals surface area contributed by atoms with Crippen LogP contribution >= 0.6 is 0 Å². The monoisotopic (exact) mass is 696 g/mol. The van der Waals surface area contributed by atoms with Gasteiger partial charge >= 0.3 is 5.97 Å². The van der Waals surface area contributed by atoms with E-state index in [1.807, 2.05) is 0 Å². The van der Waals surface area contributed by atoms with Gasteiger partial charge in [0.1, 0.15) is 43.4 Å². The van der Waals surface area contributed by atoms with Gasteiger partial charge in [0.2, 0.25) is 0 Å². The summed E-state index contributed by atoms with van der Waals surface area (Å²) in [6.07, 6.45) is -4.38. The van der Waals surface area contributed by atoms with Gasteiger partial charge in [-0.25, -0.2) is 4.79 Å². The lowest BCUT2D eigenvalue weighted by atomic mass is 9.41. The molecule has 0 spiro atoms. The normalized spacial score (nSPS) is 54.3. The Kier molecular flexibility index (Phi) is 9.38. The van der Waals surface area contributed by atoms with Gasteiger partial charge in [-0.05, 0) is 81.6 Å². The zero-order chi connectivity index (χ0) is 35.1. The Morgan fingerprint density at radius 1 is 0.939 bits per heavy atom. The van der Waals surface area contributed by atoms with E-state index in [1.54, 1.807) is 13.0 Å². The molecule has 17 atom stereocenters. The number of carbonyl (C=O) groups is 2. The van der Waals surface area contributed by atoms with Crippen molar-refractivity contribution in [1.29, 1.82) is 0 Å². The van der Waals surface area contributed by atoms with Crippen molar-refractivity contribution in [2.45, 2.75) is 151 Å². The second-order valence-electron chi connectivity index (χ2n) is 16.1. The predicted octanol–water partition coefficient (Wildman–Crippen LogP) is -0.397. The molecule has 0 aromatic rings. The highest BCUT2D eigenvalue weighted by molar-refractivity contribution is 5.85. The zero-order valence-corrected chi connectivity index (χ0v) is 28.1. The highest BCUT2D eigenvalue weighted by Gasteiger charge is 2.71. The number of hydrogen-bond donors (Lipinski definition) is 7. The fraction of sp³-hybridized carbons (Fsp3) is 0.886. The Morgan fingerprint density at radius 2 is 1.69 bits per heavy atom. The van der Waals surface area contributed by atoms with Gasteiger partial charge in [-0.15, -0.1) is 0 Å². The Bertz CT molecular complexity index is 1300. The maximum atomic E-state index is 13.2. The number of cyclic esters (lactones) is 1. The third kappa shape index (κ3) is 5.47. The number of rotatable bonds is 7. The van der Waals surface area contributed by atoms with Crippen molar-refractivity contribution in [2.75, 3.05) is 13.2 Å². The molecule has 0 amide bonds. The number of fused-ring (bicyclic) bond motifs is 5. The van der Waals surface area contributed by atoms with Crippen LogP contribution in [-0.4, -0.2) is 134 Å². The standard InChI is InChI=1S/C35H52O14/c1-17-30(49-31-29(42)28(41)27(40)24(14-36)48-31)23(38)12-26(46-17)47-19-3-8-33(16-37)21-4-7-32(2)20(18-11-25(39)45-15-18)6-10-35(32,44)22(21)5-9-34(33,43)13-19/h11,16-17,19-24,26-31,36,38,40-44H,3-10,12-15H2,1-2H3/t17-,19?,20-,21+,22-,23+,24-,26+,27-,28+,29-,30?,31?,32-,33+,34+,35+/m1/s1. The Hall–Kier alpha value is -1.56. The van der Waals surface area contributed by atoms with Crippen molar-refractivity contribution in [3.8, 4) is 0 Å². The van der Waals surface area contributed by atoms with Gasteiger partial charge in [0, 0.05) is 24.3 Å². The van der Waals surface area contributed by atoms with Crippen molar-refractivity contribution in [3.63, 3.8) is 0 Å². The zero-order valence-electron chi connectivity index (χ0n) is 28.1. The number of aliphatic hydroxyl groups excluding tert-OH is 5. The summed E-state index contributed by atoms with van der Waals surface area (Å²) >= 11 is 0. The SMILES string of the molecule is C[C@H]1O[C@@H](OC2CC[C@]3(C=O)[C@H]4CC[C@]5(C)[C@@H](C6=CC(=O)OC6)CC[C@]5(O)[C@@H]4CC[C@]3(O)C2)C[C@H](O)C1OC1O[C@H](CO)[C@@H](O)[C@H](O)[C@H]1O. The molecule has 7 rings (SSSR count). The van der Waals surface area contributed by atoms with Gasteiger partial charge < -0.3 is 64.2 Å². The average Bonchev–Trinajstić information content (AvgIpc) is 3.61. The molecule has 14 nitrogen and oxygen atoms in total. The van der Waals surface area contributed by atoms with Gasteiger partial charge in [0.25, 0.3) is 0 Å². The topological polar surface area (TPSA) is 222 Å². The predicted molar refractivity (Wildman–Crippen MR) is 166 cm³/mol. The fourth-order valence-corrected chi connectivity index (χ4v) is 11.3. The third-order valence-electron chi connectivity index (χ3n) is 14.0. The lowest BCUT2D eigenvalue weighted by Gasteiger charge is -2.65. The van der Waals surface area contributed by atoms with E-state index in [4.69, 9.17) is 23.7 Å². The number of aliphatic hydroxyl groups is 7. The van der Waals surface area contributed by atoms with E-state index >= 15 is 0 Å². The molecule has 49 heavy (non-hydrogen) atoms. The molecule has 3 heterocycles. The number of carbonyl (C=O) groups excluding carboxylic acids is 2. The van der Waals surface area contributed by atoms with Crippen LogP contribution in [0.2, 0.25) is 0 Å². The summed E-state index contributed by atoms with van der Waals surface area (Å²) in [5.41, 5.74) is -2.94. The van der Waals surface area contributed by atoms with Crippen LogP contribution in [0.5, 0.6) is 0 Å². The lowest BCUT2D eigenvalue weighted by Crippen LogP contribution is -2.69. The molecule has 0 aromatic carbocycles. The fourth-order valence-electron chi connectivity index (χ4n) is 11.3. The minimum absolute atomic E-state index is 0.00470. The van der Waals surface area contributed by atoms with Crippen molar-refractivity contribution >= 4 is 12.3 Å². The summed E-state index contributed by atoms with van der Waals surface area (Å²) in [6.45, 7) is 3.42. The van der Waals surface area contributed by atoms with Crippen LogP contribution in [0, 0.1) is 28.6 Å². The van der Waals surface area contributed by atoms with Crippen LogP contribution in [0.25, 0.3) is 0 Å². The maximum Gasteiger partial charge on any atom is 0.331 e.